The van der Waals surface area contributed by atoms with E-state index in [4.69, 9.17) is 0 Å². The van der Waals surface area contributed by atoms with Crippen molar-refractivity contribution >= 4 is 21.8 Å². The fourth-order valence-corrected chi connectivity index (χ4v) is 3.87. The van der Waals surface area contributed by atoms with Crippen LogP contribution in [-0.2, 0) is 21.2 Å². The standard InChI is InChI=1S/C18H19N3O3S/c22-17(19-12-6-9-14-7-2-1-3-8-14)13-20-18-15-10-4-5-11-16(15)25(23,24)21-18/h1-5,7-8,10-11H,6,9,12-13H2,(H,19,22)(H,20,21). The molecule has 1 aliphatic heterocycles. The predicted molar refractivity (Wildman–Crippen MR) is 95.9 cm³/mol. The van der Waals surface area contributed by atoms with Crippen LogP contribution in [0.4, 0.5) is 0 Å². The molecule has 0 aromatic heterocycles. The summed E-state index contributed by atoms with van der Waals surface area (Å²) >= 11 is 0. The number of hydrogen-bond donors (Lipinski definition) is 2. The Kier molecular flexibility index (Phi) is 5.14. The Morgan fingerprint density at radius 3 is 2.56 bits per heavy atom. The zero-order valence-corrected chi connectivity index (χ0v) is 14.4. The molecule has 1 amide bonds. The normalized spacial score (nSPS) is 16.2. The van der Waals surface area contributed by atoms with Crippen molar-refractivity contribution in [3.63, 3.8) is 0 Å². The van der Waals surface area contributed by atoms with E-state index in [1.54, 1.807) is 18.2 Å². The number of rotatable bonds is 6. The average Bonchev–Trinajstić information content (AvgIpc) is 2.89. The molecular weight excluding hydrogens is 338 g/mol. The molecule has 0 spiro atoms. The number of aryl methyl sites for hydroxylation is 1. The van der Waals surface area contributed by atoms with Gasteiger partial charge in [-0.2, -0.15) is 0 Å². The summed E-state index contributed by atoms with van der Waals surface area (Å²) in [6.45, 7) is 0.443. The molecule has 0 fully saturated rings. The maximum atomic E-state index is 12.0. The first-order valence-electron chi connectivity index (χ1n) is 8.03. The van der Waals surface area contributed by atoms with E-state index in [2.05, 4.69) is 27.2 Å². The maximum absolute atomic E-state index is 12.0. The first-order chi connectivity index (χ1) is 12.1. The Morgan fingerprint density at radius 1 is 1.04 bits per heavy atom. The van der Waals surface area contributed by atoms with E-state index in [1.807, 2.05) is 18.2 Å². The van der Waals surface area contributed by atoms with Crippen molar-refractivity contribution in [1.82, 2.24) is 10.0 Å². The largest absolute Gasteiger partial charge is 0.354 e. The number of carbonyl (C=O) groups is 1. The number of nitrogens with one attached hydrogen (secondary N) is 2. The molecule has 2 aromatic rings. The predicted octanol–water partition coefficient (Wildman–Crippen LogP) is 1.47. The van der Waals surface area contributed by atoms with Gasteiger partial charge in [0.1, 0.15) is 12.4 Å². The molecule has 1 aliphatic rings. The van der Waals surface area contributed by atoms with Crippen molar-refractivity contribution < 1.29 is 13.2 Å². The number of fused-ring (bicyclic) bond motifs is 1. The van der Waals surface area contributed by atoms with Gasteiger partial charge in [-0.3, -0.25) is 14.5 Å². The summed E-state index contributed by atoms with van der Waals surface area (Å²) in [5, 5.41) is 2.80. The van der Waals surface area contributed by atoms with Crippen LogP contribution in [0.2, 0.25) is 0 Å². The fraction of sp³-hybridized carbons (Fsp3) is 0.222. The van der Waals surface area contributed by atoms with Crippen LogP contribution in [0.5, 0.6) is 0 Å². The topological polar surface area (TPSA) is 87.6 Å². The van der Waals surface area contributed by atoms with Crippen LogP contribution in [0.1, 0.15) is 17.5 Å². The molecule has 0 saturated carbocycles. The van der Waals surface area contributed by atoms with Crippen molar-refractivity contribution in [3.05, 3.63) is 65.7 Å². The Balaban J connectivity index is 1.50. The smallest absolute Gasteiger partial charge is 0.263 e. The van der Waals surface area contributed by atoms with Crippen LogP contribution in [-0.4, -0.2) is 33.3 Å². The minimum absolute atomic E-state index is 0.114. The molecule has 2 N–H and O–H groups in total. The SMILES string of the molecule is O=C(CN=C1NS(=O)(=O)c2ccccc21)NCCCc1ccccc1. The lowest BCUT2D eigenvalue weighted by Gasteiger charge is -2.04. The number of carbonyl (C=O) groups excluding carboxylic acids is 1. The van der Waals surface area contributed by atoms with Gasteiger partial charge >= 0.3 is 0 Å². The zero-order valence-electron chi connectivity index (χ0n) is 13.6. The zero-order chi connectivity index (χ0) is 17.7. The number of amidine groups is 1. The fourth-order valence-electron chi connectivity index (χ4n) is 2.62. The van der Waals surface area contributed by atoms with Gasteiger partial charge in [-0.05, 0) is 30.5 Å². The number of sulfonamides is 1. The van der Waals surface area contributed by atoms with Crippen molar-refractivity contribution in [1.29, 1.82) is 0 Å². The van der Waals surface area contributed by atoms with Crippen LogP contribution in [0, 0.1) is 0 Å². The van der Waals surface area contributed by atoms with Gasteiger partial charge in [0.05, 0.1) is 4.90 Å². The van der Waals surface area contributed by atoms with Gasteiger partial charge < -0.3 is 5.32 Å². The molecule has 0 bridgehead atoms. The van der Waals surface area contributed by atoms with E-state index >= 15 is 0 Å². The second kappa shape index (κ2) is 7.48. The van der Waals surface area contributed by atoms with Gasteiger partial charge in [0.2, 0.25) is 5.91 Å². The summed E-state index contributed by atoms with van der Waals surface area (Å²) in [6.07, 6.45) is 1.73. The van der Waals surface area contributed by atoms with E-state index < -0.39 is 10.0 Å². The molecule has 3 rings (SSSR count). The Morgan fingerprint density at radius 2 is 1.76 bits per heavy atom. The highest BCUT2D eigenvalue weighted by atomic mass is 32.2. The molecule has 130 valence electrons. The lowest BCUT2D eigenvalue weighted by atomic mass is 10.1. The van der Waals surface area contributed by atoms with Crippen LogP contribution in [0.15, 0.2) is 64.5 Å². The Labute approximate surface area is 147 Å². The number of hydrogen-bond acceptors (Lipinski definition) is 4. The van der Waals surface area contributed by atoms with E-state index in [-0.39, 0.29) is 23.2 Å². The quantitative estimate of drug-likeness (QED) is 0.768. The summed E-state index contributed by atoms with van der Waals surface area (Å²) < 4.78 is 26.3. The highest BCUT2D eigenvalue weighted by Crippen LogP contribution is 2.21. The molecule has 0 saturated heterocycles. The average molecular weight is 357 g/mol. The molecule has 0 atom stereocenters. The third kappa shape index (κ3) is 4.24. The van der Waals surface area contributed by atoms with E-state index in [9.17, 15) is 13.2 Å². The lowest BCUT2D eigenvalue weighted by Crippen LogP contribution is -2.29. The number of aliphatic imine (C=N–C) groups is 1. The van der Waals surface area contributed by atoms with Crippen LogP contribution < -0.4 is 10.0 Å². The summed E-state index contributed by atoms with van der Waals surface area (Å²) in [7, 11) is -3.57. The van der Waals surface area contributed by atoms with Crippen molar-refractivity contribution in [2.24, 2.45) is 4.99 Å². The first kappa shape index (κ1) is 17.2. The first-order valence-corrected chi connectivity index (χ1v) is 9.52. The molecule has 6 nitrogen and oxygen atoms in total. The molecule has 0 aliphatic carbocycles. The number of nitrogens with zero attached hydrogens (tertiary/aromatic N) is 1. The minimum Gasteiger partial charge on any atom is -0.354 e. The summed E-state index contributed by atoms with van der Waals surface area (Å²) in [5.41, 5.74) is 1.73. The van der Waals surface area contributed by atoms with Crippen LogP contribution in [0.25, 0.3) is 0 Å². The van der Waals surface area contributed by atoms with Gasteiger partial charge in [-0.25, -0.2) is 8.42 Å². The highest BCUT2D eigenvalue weighted by molar-refractivity contribution is 7.90. The van der Waals surface area contributed by atoms with Gasteiger partial charge in [-0.1, -0.05) is 42.5 Å². The van der Waals surface area contributed by atoms with E-state index in [0.29, 0.717) is 12.1 Å². The molecule has 2 aromatic carbocycles. The molecular formula is C18H19N3O3S. The van der Waals surface area contributed by atoms with Gasteiger partial charge in [0.25, 0.3) is 10.0 Å². The summed E-state index contributed by atoms with van der Waals surface area (Å²) in [4.78, 5) is 16.2. The monoisotopic (exact) mass is 357 g/mol. The minimum atomic E-state index is -3.57. The van der Waals surface area contributed by atoms with Crippen molar-refractivity contribution in [3.8, 4) is 0 Å². The van der Waals surface area contributed by atoms with Gasteiger partial charge in [0, 0.05) is 12.1 Å². The third-order valence-electron chi connectivity index (χ3n) is 3.85. The van der Waals surface area contributed by atoms with Crippen LogP contribution in [0.3, 0.4) is 0 Å². The molecule has 7 heteroatoms. The molecule has 25 heavy (non-hydrogen) atoms. The summed E-state index contributed by atoms with van der Waals surface area (Å²) in [6, 6.07) is 16.6. The summed E-state index contributed by atoms with van der Waals surface area (Å²) in [5.74, 6) is -0.0147. The Bertz CT molecular complexity index is 893. The third-order valence-corrected chi connectivity index (χ3v) is 5.25. The van der Waals surface area contributed by atoms with Gasteiger partial charge in [-0.15, -0.1) is 0 Å². The maximum Gasteiger partial charge on any atom is 0.263 e. The molecule has 0 unspecified atom stereocenters. The highest BCUT2D eigenvalue weighted by Gasteiger charge is 2.30. The van der Waals surface area contributed by atoms with Crippen molar-refractivity contribution in [2.75, 3.05) is 13.1 Å². The lowest BCUT2D eigenvalue weighted by molar-refractivity contribution is -0.119. The van der Waals surface area contributed by atoms with Gasteiger partial charge in [0.15, 0.2) is 0 Å². The Hall–Kier alpha value is -2.67. The number of amides is 1. The molecule has 0 radical (unpaired) electrons. The van der Waals surface area contributed by atoms with E-state index in [1.165, 1.54) is 11.6 Å². The van der Waals surface area contributed by atoms with E-state index in [0.717, 1.165) is 12.8 Å². The van der Waals surface area contributed by atoms with Crippen LogP contribution >= 0.6 is 0 Å². The second-order valence-electron chi connectivity index (χ2n) is 5.71. The molecule has 1 heterocycles. The number of benzene rings is 2. The second-order valence-corrected chi connectivity index (χ2v) is 7.36. The van der Waals surface area contributed by atoms with Crippen molar-refractivity contribution in [2.45, 2.75) is 17.7 Å².